The molecule has 16 heavy (non-hydrogen) atoms. The average molecular weight is 219 g/mol. The van der Waals surface area contributed by atoms with E-state index in [1.807, 2.05) is 30.7 Å². The Labute approximate surface area is 93.7 Å². The Kier molecular flexibility index (Phi) is 2.77. The van der Waals surface area contributed by atoms with Gasteiger partial charge in [-0.1, -0.05) is 13.8 Å². The SMILES string of the molecule is CC(C)C(=O)Cn1ccc2cc(F)ccc21. The van der Waals surface area contributed by atoms with Crippen LogP contribution in [0.15, 0.2) is 30.5 Å². The highest BCUT2D eigenvalue weighted by Gasteiger charge is 2.09. The van der Waals surface area contributed by atoms with Crippen molar-refractivity contribution in [2.45, 2.75) is 20.4 Å². The van der Waals surface area contributed by atoms with Gasteiger partial charge in [-0.2, -0.15) is 0 Å². The lowest BCUT2D eigenvalue weighted by Gasteiger charge is -2.06. The van der Waals surface area contributed by atoms with Gasteiger partial charge in [0.25, 0.3) is 0 Å². The van der Waals surface area contributed by atoms with Crippen LogP contribution in [-0.4, -0.2) is 10.4 Å². The molecule has 0 fully saturated rings. The molecule has 0 saturated carbocycles. The molecule has 0 N–H and O–H groups in total. The number of hydrogen-bond donors (Lipinski definition) is 0. The zero-order valence-corrected chi connectivity index (χ0v) is 9.40. The smallest absolute Gasteiger partial charge is 0.155 e. The maximum atomic E-state index is 13.0. The van der Waals surface area contributed by atoms with Gasteiger partial charge in [-0.3, -0.25) is 4.79 Å². The highest BCUT2D eigenvalue weighted by Crippen LogP contribution is 2.17. The van der Waals surface area contributed by atoms with Crippen molar-refractivity contribution in [2.75, 3.05) is 0 Å². The van der Waals surface area contributed by atoms with Crippen molar-refractivity contribution in [3.05, 3.63) is 36.3 Å². The molecule has 0 spiro atoms. The van der Waals surface area contributed by atoms with Gasteiger partial charge in [0.1, 0.15) is 5.82 Å². The number of carbonyl (C=O) groups excluding carboxylic acids is 1. The lowest BCUT2D eigenvalue weighted by Crippen LogP contribution is -2.14. The van der Waals surface area contributed by atoms with Gasteiger partial charge >= 0.3 is 0 Å². The van der Waals surface area contributed by atoms with Gasteiger partial charge in [0.2, 0.25) is 0 Å². The Morgan fingerprint density at radius 2 is 2.12 bits per heavy atom. The van der Waals surface area contributed by atoms with Crippen LogP contribution in [0.1, 0.15) is 13.8 Å². The highest BCUT2D eigenvalue weighted by molar-refractivity contribution is 5.84. The number of benzene rings is 1. The normalized spacial score (nSPS) is 11.2. The fraction of sp³-hybridized carbons (Fsp3) is 0.308. The van der Waals surface area contributed by atoms with Crippen molar-refractivity contribution in [3.8, 4) is 0 Å². The van der Waals surface area contributed by atoms with Crippen molar-refractivity contribution < 1.29 is 9.18 Å². The third-order valence-electron chi connectivity index (χ3n) is 2.70. The molecular weight excluding hydrogens is 205 g/mol. The number of nitrogens with zero attached hydrogens (tertiary/aromatic N) is 1. The number of halogens is 1. The maximum absolute atomic E-state index is 13.0. The van der Waals surface area contributed by atoms with E-state index in [4.69, 9.17) is 0 Å². The molecule has 0 radical (unpaired) electrons. The van der Waals surface area contributed by atoms with Crippen molar-refractivity contribution in [1.29, 1.82) is 0 Å². The topological polar surface area (TPSA) is 22.0 Å². The Morgan fingerprint density at radius 1 is 1.38 bits per heavy atom. The maximum Gasteiger partial charge on any atom is 0.155 e. The van der Waals surface area contributed by atoms with E-state index < -0.39 is 0 Å². The van der Waals surface area contributed by atoms with Gasteiger partial charge in [-0.15, -0.1) is 0 Å². The summed E-state index contributed by atoms with van der Waals surface area (Å²) in [5.74, 6) is -0.0415. The zero-order chi connectivity index (χ0) is 11.7. The van der Waals surface area contributed by atoms with Gasteiger partial charge in [0.15, 0.2) is 5.78 Å². The van der Waals surface area contributed by atoms with E-state index in [1.54, 1.807) is 6.07 Å². The predicted molar refractivity (Wildman–Crippen MR) is 61.7 cm³/mol. The molecule has 1 aromatic heterocycles. The summed E-state index contributed by atoms with van der Waals surface area (Å²) < 4.78 is 14.8. The molecular formula is C13H14FNO. The first-order valence-electron chi connectivity index (χ1n) is 5.35. The second-order valence-corrected chi connectivity index (χ2v) is 4.27. The summed E-state index contributed by atoms with van der Waals surface area (Å²) in [4.78, 5) is 11.6. The van der Waals surface area contributed by atoms with E-state index in [0.717, 1.165) is 10.9 Å². The first kappa shape index (κ1) is 10.9. The van der Waals surface area contributed by atoms with E-state index in [-0.39, 0.29) is 17.5 Å². The lowest BCUT2D eigenvalue weighted by atomic mass is 10.1. The Balaban J connectivity index is 2.35. The summed E-state index contributed by atoms with van der Waals surface area (Å²) in [6, 6.07) is 6.43. The number of rotatable bonds is 3. The van der Waals surface area contributed by atoms with Crippen molar-refractivity contribution in [2.24, 2.45) is 5.92 Å². The van der Waals surface area contributed by atoms with Crippen LogP contribution in [0, 0.1) is 11.7 Å². The largest absolute Gasteiger partial charge is 0.340 e. The third kappa shape index (κ3) is 1.98. The van der Waals surface area contributed by atoms with Crippen LogP contribution < -0.4 is 0 Å². The fourth-order valence-electron chi connectivity index (χ4n) is 1.66. The predicted octanol–water partition coefficient (Wildman–Crippen LogP) is 3.01. The molecule has 2 aromatic rings. The van der Waals surface area contributed by atoms with Crippen LogP contribution in [0.3, 0.4) is 0 Å². The summed E-state index contributed by atoms with van der Waals surface area (Å²) in [7, 11) is 0. The highest BCUT2D eigenvalue weighted by atomic mass is 19.1. The molecule has 0 saturated heterocycles. The van der Waals surface area contributed by atoms with E-state index in [1.165, 1.54) is 12.1 Å². The quantitative estimate of drug-likeness (QED) is 0.777. The Bertz CT molecular complexity index is 528. The average Bonchev–Trinajstić information content (AvgIpc) is 2.60. The molecule has 0 aliphatic carbocycles. The fourth-order valence-corrected chi connectivity index (χ4v) is 1.66. The minimum atomic E-state index is -0.250. The molecule has 2 rings (SSSR count). The molecule has 0 aliphatic heterocycles. The summed E-state index contributed by atoms with van der Waals surface area (Å²) in [5.41, 5.74) is 0.899. The third-order valence-corrected chi connectivity index (χ3v) is 2.70. The Hall–Kier alpha value is -1.64. The summed E-state index contributed by atoms with van der Waals surface area (Å²) in [6.45, 7) is 4.12. The van der Waals surface area contributed by atoms with Crippen LogP contribution in [-0.2, 0) is 11.3 Å². The lowest BCUT2D eigenvalue weighted by molar-refractivity contribution is -0.122. The van der Waals surface area contributed by atoms with Crippen LogP contribution in [0.4, 0.5) is 4.39 Å². The van der Waals surface area contributed by atoms with Gasteiger partial charge in [-0.25, -0.2) is 4.39 Å². The molecule has 0 unspecified atom stereocenters. The van der Waals surface area contributed by atoms with Gasteiger partial charge in [0.05, 0.1) is 6.54 Å². The van der Waals surface area contributed by atoms with Crippen molar-refractivity contribution in [3.63, 3.8) is 0 Å². The first-order chi connectivity index (χ1) is 7.58. The molecule has 0 aliphatic rings. The summed E-state index contributed by atoms with van der Waals surface area (Å²) in [5, 5.41) is 0.830. The number of Topliss-reactive ketones (excluding diaryl/α,β-unsaturated/α-hetero) is 1. The van der Waals surface area contributed by atoms with Crippen LogP contribution in [0.25, 0.3) is 10.9 Å². The number of carbonyl (C=O) groups is 1. The number of hydrogen-bond acceptors (Lipinski definition) is 1. The van der Waals surface area contributed by atoms with E-state index >= 15 is 0 Å². The van der Waals surface area contributed by atoms with Gasteiger partial charge < -0.3 is 4.57 Å². The minimum absolute atomic E-state index is 0.0258. The number of fused-ring (bicyclic) bond motifs is 1. The first-order valence-corrected chi connectivity index (χ1v) is 5.35. The minimum Gasteiger partial charge on any atom is -0.340 e. The molecule has 1 aromatic carbocycles. The van der Waals surface area contributed by atoms with Crippen LogP contribution >= 0.6 is 0 Å². The van der Waals surface area contributed by atoms with Crippen LogP contribution in [0.2, 0.25) is 0 Å². The van der Waals surface area contributed by atoms with Gasteiger partial charge in [-0.05, 0) is 24.3 Å². The number of ketones is 1. The van der Waals surface area contributed by atoms with Crippen molar-refractivity contribution >= 4 is 16.7 Å². The van der Waals surface area contributed by atoms with E-state index in [9.17, 15) is 9.18 Å². The van der Waals surface area contributed by atoms with Crippen LogP contribution in [0.5, 0.6) is 0 Å². The Morgan fingerprint density at radius 3 is 2.81 bits per heavy atom. The molecule has 0 atom stereocenters. The summed E-state index contributed by atoms with van der Waals surface area (Å²) in [6.07, 6.45) is 1.82. The second-order valence-electron chi connectivity index (χ2n) is 4.27. The number of aromatic nitrogens is 1. The standard InChI is InChI=1S/C13H14FNO/c1-9(2)13(16)8-15-6-5-10-7-11(14)3-4-12(10)15/h3-7,9H,8H2,1-2H3. The molecule has 1 heterocycles. The molecule has 0 amide bonds. The van der Waals surface area contributed by atoms with Crippen molar-refractivity contribution in [1.82, 2.24) is 4.57 Å². The molecule has 2 nitrogen and oxygen atoms in total. The van der Waals surface area contributed by atoms with E-state index in [2.05, 4.69) is 0 Å². The zero-order valence-electron chi connectivity index (χ0n) is 9.40. The van der Waals surface area contributed by atoms with E-state index in [0.29, 0.717) is 6.54 Å². The monoisotopic (exact) mass is 219 g/mol. The summed E-state index contributed by atoms with van der Waals surface area (Å²) >= 11 is 0. The second kappa shape index (κ2) is 4.08. The van der Waals surface area contributed by atoms with Gasteiger partial charge in [0, 0.05) is 23.0 Å². The molecule has 3 heteroatoms. The molecule has 84 valence electrons. The molecule has 0 bridgehead atoms.